The van der Waals surface area contributed by atoms with E-state index in [1.165, 1.54) is 24.3 Å². The molecule has 2 rings (SSSR count). The van der Waals surface area contributed by atoms with E-state index in [2.05, 4.69) is 27.6 Å². The summed E-state index contributed by atoms with van der Waals surface area (Å²) in [6, 6.07) is 10.8. The molecule has 0 aliphatic carbocycles. The van der Waals surface area contributed by atoms with E-state index in [4.69, 9.17) is 0 Å². The summed E-state index contributed by atoms with van der Waals surface area (Å²) in [5, 5.41) is 0. The van der Waals surface area contributed by atoms with E-state index >= 15 is 0 Å². The normalized spacial score (nSPS) is 11.4. The van der Waals surface area contributed by atoms with Crippen molar-refractivity contribution in [2.45, 2.75) is 24.7 Å². The average Bonchev–Trinajstić information content (AvgIpc) is 2.43. The monoisotopic (exact) mass is 371 g/mol. The van der Waals surface area contributed by atoms with Crippen molar-refractivity contribution in [3.05, 3.63) is 58.3 Å². The van der Waals surface area contributed by atoms with E-state index in [-0.39, 0.29) is 10.6 Å². The Morgan fingerprint density at radius 1 is 1.14 bits per heavy atom. The second kappa shape index (κ2) is 6.58. The molecule has 0 saturated heterocycles. The summed E-state index contributed by atoms with van der Waals surface area (Å²) < 4.78 is 40.9. The summed E-state index contributed by atoms with van der Waals surface area (Å²) in [6.07, 6.45) is 1.89. The molecule has 0 unspecified atom stereocenters. The zero-order valence-electron chi connectivity index (χ0n) is 11.4. The van der Waals surface area contributed by atoms with Crippen molar-refractivity contribution < 1.29 is 12.8 Å². The van der Waals surface area contributed by atoms with E-state index in [1.807, 2.05) is 0 Å². The second-order valence-electron chi connectivity index (χ2n) is 4.62. The quantitative estimate of drug-likeness (QED) is 0.849. The fraction of sp³-hybridized carbons (Fsp3) is 0.200. The first-order valence-corrected chi connectivity index (χ1v) is 8.77. The highest BCUT2D eigenvalue weighted by Crippen LogP contribution is 2.22. The summed E-state index contributed by atoms with van der Waals surface area (Å²) in [5.74, 6) is -0.629. The summed E-state index contributed by atoms with van der Waals surface area (Å²) in [4.78, 5) is 0.115. The van der Waals surface area contributed by atoms with Gasteiger partial charge in [-0.3, -0.25) is 4.72 Å². The number of nitrogens with one attached hydrogen (secondary N) is 1. The van der Waals surface area contributed by atoms with Crippen LogP contribution in [0.5, 0.6) is 0 Å². The molecule has 6 heteroatoms. The fourth-order valence-electron chi connectivity index (χ4n) is 1.90. The highest BCUT2D eigenvalue weighted by atomic mass is 79.9. The molecule has 1 N–H and O–H groups in total. The molecule has 3 nitrogen and oxygen atoms in total. The first-order chi connectivity index (χ1) is 9.92. The Morgan fingerprint density at radius 2 is 1.81 bits per heavy atom. The first kappa shape index (κ1) is 16.0. The molecule has 0 radical (unpaired) electrons. The zero-order chi connectivity index (χ0) is 15.5. The van der Waals surface area contributed by atoms with Gasteiger partial charge in [-0.15, -0.1) is 0 Å². The molecule has 0 atom stereocenters. The molecule has 2 aromatic rings. The minimum atomic E-state index is -3.79. The number of hydrogen-bond acceptors (Lipinski definition) is 2. The third-order valence-corrected chi connectivity index (χ3v) is 4.82. The summed E-state index contributed by atoms with van der Waals surface area (Å²) in [5.41, 5.74) is 1.00. The lowest BCUT2D eigenvalue weighted by Gasteiger charge is -2.09. The highest BCUT2D eigenvalue weighted by molar-refractivity contribution is 9.10. The molecule has 0 spiro atoms. The van der Waals surface area contributed by atoms with Crippen LogP contribution in [0.3, 0.4) is 0 Å². The van der Waals surface area contributed by atoms with Gasteiger partial charge in [-0.1, -0.05) is 41.4 Å². The number of aryl methyl sites for hydroxylation is 1. The Hall–Kier alpha value is -1.40. The topological polar surface area (TPSA) is 46.2 Å². The maximum Gasteiger partial charge on any atom is 0.261 e. The Labute approximate surface area is 132 Å². The molecular weight excluding hydrogens is 357 g/mol. The highest BCUT2D eigenvalue weighted by Gasteiger charge is 2.16. The number of anilines is 1. The van der Waals surface area contributed by atoms with Crippen LogP contribution in [0.2, 0.25) is 0 Å². The summed E-state index contributed by atoms with van der Waals surface area (Å²) >= 11 is 3.13. The van der Waals surface area contributed by atoms with Crippen LogP contribution in [-0.2, 0) is 16.4 Å². The van der Waals surface area contributed by atoms with Gasteiger partial charge in [-0.2, -0.15) is 0 Å². The lowest BCUT2D eigenvalue weighted by molar-refractivity contribution is 0.598. The Balaban J connectivity index is 2.25. The minimum absolute atomic E-state index is 0.0733. The van der Waals surface area contributed by atoms with Gasteiger partial charge in [-0.05, 0) is 42.3 Å². The Morgan fingerprint density at radius 3 is 2.38 bits per heavy atom. The zero-order valence-corrected chi connectivity index (χ0v) is 13.8. The van der Waals surface area contributed by atoms with Crippen molar-refractivity contribution in [3.8, 4) is 0 Å². The molecule has 0 amide bonds. The second-order valence-corrected chi connectivity index (χ2v) is 7.22. The molecule has 0 aromatic heterocycles. The predicted octanol–water partition coefficient (Wildman–Crippen LogP) is 4.34. The number of sulfonamides is 1. The molecule has 0 fully saturated rings. The van der Waals surface area contributed by atoms with Gasteiger partial charge in [0.1, 0.15) is 5.82 Å². The number of rotatable bonds is 5. The average molecular weight is 372 g/mol. The third kappa shape index (κ3) is 4.04. The van der Waals surface area contributed by atoms with Crippen LogP contribution in [0.1, 0.15) is 18.9 Å². The van der Waals surface area contributed by atoms with Crippen LogP contribution in [0.25, 0.3) is 0 Å². The SMILES string of the molecule is CCCc1ccc(S(=O)(=O)Nc2ccc(Br)cc2F)cc1. The van der Waals surface area contributed by atoms with Gasteiger partial charge in [0.2, 0.25) is 0 Å². The molecule has 112 valence electrons. The van der Waals surface area contributed by atoms with E-state index in [1.54, 1.807) is 18.2 Å². The summed E-state index contributed by atoms with van der Waals surface area (Å²) in [6.45, 7) is 2.06. The number of halogens is 2. The van der Waals surface area contributed by atoms with Crippen molar-refractivity contribution in [2.24, 2.45) is 0 Å². The van der Waals surface area contributed by atoms with Gasteiger partial charge >= 0.3 is 0 Å². The van der Waals surface area contributed by atoms with Crippen molar-refractivity contribution in [1.82, 2.24) is 0 Å². The van der Waals surface area contributed by atoms with Gasteiger partial charge in [0.15, 0.2) is 0 Å². The van der Waals surface area contributed by atoms with Gasteiger partial charge in [0, 0.05) is 4.47 Å². The Bertz CT molecular complexity index is 730. The van der Waals surface area contributed by atoms with Crippen LogP contribution < -0.4 is 4.72 Å². The fourth-order valence-corrected chi connectivity index (χ4v) is 3.30. The van der Waals surface area contributed by atoms with Crippen LogP contribution in [-0.4, -0.2) is 8.42 Å². The lowest BCUT2D eigenvalue weighted by atomic mass is 10.1. The minimum Gasteiger partial charge on any atom is -0.277 e. The van der Waals surface area contributed by atoms with Crippen LogP contribution in [0.4, 0.5) is 10.1 Å². The third-order valence-electron chi connectivity index (χ3n) is 2.95. The molecule has 21 heavy (non-hydrogen) atoms. The largest absolute Gasteiger partial charge is 0.277 e. The molecule has 0 aliphatic rings. The van der Waals surface area contributed by atoms with Gasteiger partial charge in [0.05, 0.1) is 10.6 Å². The molecule has 0 heterocycles. The first-order valence-electron chi connectivity index (χ1n) is 6.49. The molecular formula is C15H15BrFNO2S. The van der Waals surface area contributed by atoms with Crippen molar-refractivity contribution >= 4 is 31.6 Å². The van der Waals surface area contributed by atoms with Gasteiger partial charge < -0.3 is 0 Å². The molecule has 2 aromatic carbocycles. The molecule has 0 bridgehead atoms. The van der Waals surface area contributed by atoms with Crippen molar-refractivity contribution in [2.75, 3.05) is 4.72 Å². The number of benzene rings is 2. The molecule has 0 saturated carbocycles. The van der Waals surface area contributed by atoms with E-state index in [0.29, 0.717) is 4.47 Å². The van der Waals surface area contributed by atoms with Crippen LogP contribution in [0, 0.1) is 5.82 Å². The van der Waals surface area contributed by atoms with Crippen LogP contribution >= 0.6 is 15.9 Å². The van der Waals surface area contributed by atoms with E-state index in [9.17, 15) is 12.8 Å². The maximum absolute atomic E-state index is 13.7. The predicted molar refractivity (Wildman–Crippen MR) is 85.3 cm³/mol. The van der Waals surface area contributed by atoms with Crippen LogP contribution in [0.15, 0.2) is 51.8 Å². The lowest BCUT2D eigenvalue weighted by Crippen LogP contribution is -2.14. The van der Waals surface area contributed by atoms with E-state index < -0.39 is 15.8 Å². The van der Waals surface area contributed by atoms with Crippen molar-refractivity contribution in [1.29, 1.82) is 0 Å². The van der Waals surface area contributed by atoms with Gasteiger partial charge in [0.25, 0.3) is 10.0 Å². The van der Waals surface area contributed by atoms with Crippen molar-refractivity contribution in [3.63, 3.8) is 0 Å². The number of hydrogen-bond donors (Lipinski definition) is 1. The smallest absolute Gasteiger partial charge is 0.261 e. The Kier molecular flexibility index (Phi) is 5.00. The molecule has 0 aliphatic heterocycles. The summed E-state index contributed by atoms with van der Waals surface area (Å²) in [7, 11) is -3.79. The van der Waals surface area contributed by atoms with Gasteiger partial charge in [-0.25, -0.2) is 12.8 Å². The standard InChI is InChI=1S/C15H15BrFNO2S/c1-2-3-11-4-7-13(8-5-11)21(19,20)18-15-9-6-12(16)10-14(15)17/h4-10,18H,2-3H2,1H3. The maximum atomic E-state index is 13.7. The van der Waals surface area contributed by atoms with E-state index in [0.717, 1.165) is 18.4 Å².